The number of nitrogens with one attached hydrogen (secondary N) is 1. The van der Waals surface area contributed by atoms with Gasteiger partial charge < -0.3 is 5.32 Å². The second-order valence-corrected chi connectivity index (χ2v) is 6.40. The number of halogens is 3. The predicted octanol–water partition coefficient (Wildman–Crippen LogP) is 4.46. The SMILES string of the molecule is Cc1cc(F)c(NCc2cnc(Cl)s2)c(I)c1. The third kappa shape index (κ3) is 3.29. The van der Waals surface area contributed by atoms with Crippen molar-refractivity contribution >= 4 is 51.2 Å². The van der Waals surface area contributed by atoms with E-state index < -0.39 is 0 Å². The van der Waals surface area contributed by atoms with Crippen LogP contribution in [0.25, 0.3) is 0 Å². The molecule has 0 fully saturated rings. The average Bonchev–Trinajstić information content (AvgIpc) is 2.62. The molecule has 17 heavy (non-hydrogen) atoms. The van der Waals surface area contributed by atoms with Crippen LogP contribution in [0.1, 0.15) is 10.4 Å². The highest BCUT2D eigenvalue weighted by Crippen LogP contribution is 2.25. The van der Waals surface area contributed by atoms with Crippen LogP contribution in [-0.4, -0.2) is 4.98 Å². The highest BCUT2D eigenvalue weighted by Gasteiger charge is 2.08. The maximum absolute atomic E-state index is 13.7. The number of nitrogens with zero attached hydrogens (tertiary/aromatic N) is 1. The number of anilines is 1. The number of rotatable bonds is 3. The van der Waals surface area contributed by atoms with E-state index in [1.165, 1.54) is 17.4 Å². The minimum atomic E-state index is -0.231. The topological polar surface area (TPSA) is 24.9 Å². The zero-order chi connectivity index (χ0) is 12.4. The summed E-state index contributed by atoms with van der Waals surface area (Å²) in [6.07, 6.45) is 1.69. The van der Waals surface area contributed by atoms with Crippen LogP contribution in [-0.2, 0) is 6.54 Å². The van der Waals surface area contributed by atoms with Gasteiger partial charge in [0, 0.05) is 14.6 Å². The third-order valence-corrected chi connectivity index (χ3v) is 4.12. The molecule has 1 heterocycles. The molecule has 0 atom stereocenters. The Morgan fingerprint density at radius 2 is 2.29 bits per heavy atom. The lowest BCUT2D eigenvalue weighted by atomic mass is 10.2. The normalized spacial score (nSPS) is 10.6. The Bertz CT molecular complexity index is 521. The summed E-state index contributed by atoms with van der Waals surface area (Å²) >= 11 is 9.24. The molecule has 0 unspecified atom stereocenters. The van der Waals surface area contributed by atoms with E-state index in [2.05, 4.69) is 32.9 Å². The van der Waals surface area contributed by atoms with E-state index in [0.29, 0.717) is 16.7 Å². The smallest absolute Gasteiger partial charge is 0.183 e. The molecule has 2 nitrogen and oxygen atoms in total. The van der Waals surface area contributed by atoms with Gasteiger partial charge in [0.05, 0.1) is 12.2 Å². The van der Waals surface area contributed by atoms with Crippen LogP contribution >= 0.6 is 45.5 Å². The van der Waals surface area contributed by atoms with Crippen molar-refractivity contribution in [1.29, 1.82) is 0 Å². The summed E-state index contributed by atoms with van der Waals surface area (Å²) in [5.41, 5.74) is 1.44. The molecule has 1 aromatic heterocycles. The van der Waals surface area contributed by atoms with Crippen LogP contribution < -0.4 is 5.32 Å². The van der Waals surface area contributed by atoms with Crippen molar-refractivity contribution in [3.63, 3.8) is 0 Å². The number of hydrogen-bond donors (Lipinski definition) is 1. The van der Waals surface area contributed by atoms with Crippen LogP contribution in [0.4, 0.5) is 10.1 Å². The van der Waals surface area contributed by atoms with Crippen molar-refractivity contribution in [2.45, 2.75) is 13.5 Å². The number of benzene rings is 1. The molecule has 90 valence electrons. The number of aromatic nitrogens is 1. The molecule has 0 aliphatic carbocycles. The second kappa shape index (κ2) is 5.49. The van der Waals surface area contributed by atoms with E-state index in [9.17, 15) is 4.39 Å². The van der Waals surface area contributed by atoms with Crippen molar-refractivity contribution in [1.82, 2.24) is 4.98 Å². The first kappa shape index (κ1) is 13.0. The quantitative estimate of drug-likeness (QED) is 0.793. The molecule has 2 aromatic rings. The molecule has 0 radical (unpaired) electrons. The van der Waals surface area contributed by atoms with Crippen molar-refractivity contribution in [2.75, 3.05) is 5.32 Å². The minimum Gasteiger partial charge on any atom is -0.377 e. The zero-order valence-corrected chi connectivity index (χ0v) is 12.7. The Balaban J connectivity index is 2.14. The summed E-state index contributed by atoms with van der Waals surface area (Å²) in [7, 11) is 0. The molecule has 0 aliphatic rings. The van der Waals surface area contributed by atoms with Gasteiger partial charge in [-0.1, -0.05) is 11.6 Å². The van der Waals surface area contributed by atoms with E-state index in [-0.39, 0.29) is 5.82 Å². The third-order valence-electron chi connectivity index (χ3n) is 2.15. The van der Waals surface area contributed by atoms with Gasteiger partial charge in [0.15, 0.2) is 4.47 Å². The summed E-state index contributed by atoms with van der Waals surface area (Å²) in [5.74, 6) is -0.231. The van der Waals surface area contributed by atoms with Gasteiger partial charge in [-0.3, -0.25) is 0 Å². The highest BCUT2D eigenvalue weighted by atomic mass is 127. The van der Waals surface area contributed by atoms with Gasteiger partial charge in [0.1, 0.15) is 5.82 Å². The first-order chi connectivity index (χ1) is 8.06. The molecule has 6 heteroatoms. The largest absolute Gasteiger partial charge is 0.377 e. The van der Waals surface area contributed by atoms with Crippen molar-refractivity contribution in [2.24, 2.45) is 0 Å². The highest BCUT2D eigenvalue weighted by molar-refractivity contribution is 14.1. The van der Waals surface area contributed by atoms with E-state index in [1.807, 2.05) is 13.0 Å². The lowest BCUT2D eigenvalue weighted by Crippen LogP contribution is -2.02. The second-order valence-electron chi connectivity index (χ2n) is 3.54. The van der Waals surface area contributed by atoms with Crippen molar-refractivity contribution in [3.05, 3.63) is 42.6 Å². The fraction of sp³-hybridized carbons (Fsp3) is 0.182. The van der Waals surface area contributed by atoms with Gasteiger partial charge in [0.2, 0.25) is 0 Å². The van der Waals surface area contributed by atoms with Crippen LogP contribution in [0.2, 0.25) is 4.47 Å². The van der Waals surface area contributed by atoms with E-state index in [0.717, 1.165) is 14.0 Å². The molecule has 0 amide bonds. The monoisotopic (exact) mass is 382 g/mol. The molecule has 0 saturated carbocycles. The Hall–Kier alpha value is -0.400. The van der Waals surface area contributed by atoms with Crippen molar-refractivity contribution in [3.8, 4) is 0 Å². The lowest BCUT2D eigenvalue weighted by Gasteiger charge is -2.09. The average molecular weight is 383 g/mol. The Kier molecular flexibility index (Phi) is 4.22. The molecule has 2 rings (SSSR count). The molecular weight excluding hydrogens is 374 g/mol. The standard InChI is InChI=1S/C11H9ClFIN2S/c1-6-2-8(13)10(9(14)3-6)15-4-7-5-16-11(12)17-7/h2-3,5,15H,4H2,1H3. The van der Waals surface area contributed by atoms with Gasteiger partial charge in [-0.25, -0.2) is 9.37 Å². The number of thiazole rings is 1. The predicted molar refractivity (Wildman–Crippen MR) is 78.3 cm³/mol. The van der Waals surface area contributed by atoms with Gasteiger partial charge in [-0.15, -0.1) is 11.3 Å². The first-order valence-corrected chi connectivity index (χ1v) is 7.13. The Morgan fingerprint density at radius 1 is 1.53 bits per heavy atom. The van der Waals surface area contributed by atoms with Crippen LogP contribution in [0.15, 0.2) is 18.3 Å². The fourth-order valence-electron chi connectivity index (χ4n) is 1.41. The summed E-state index contributed by atoms with van der Waals surface area (Å²) in [5, 5.41) is 3.07. The first-order valence-electron chi connectivity index (χ1n) is 4.86. The van der Waals surface area contributed by atoms with Crippen LogP contribution in [0.5, 0.6) is 0 Å². The van der Waals surface area contributed by atoms with Gasteiger partial charge in [-0.05, 0) is 47.2 Å². The Morgan fingerprint density at radius 3 is 2.88 bits per heavy atom. The van der Waals surface area contributed by atoms with Crippen molar-refractivity contribution < 1.29 is 4.39 Å². The molecular formula is C11H9ClFIN2S. The zero-order valence-electron chi connectivity index (χ0n) is 8.93. The lowest BCUT2D eigenvalue weighted by molar-refractivity contribution is 0.628. The summed E-state index contributed by atoms with van der Waals surface area (Å²) in [4.78, 5) is 4.91. The minimum absolute atomic E-state index is 0.231. The molecule has 0 spiro atoms. The van der Waals surface area contributed by atoms with Gasteiger partial charge >= 0.3 is 0 Å². The maximum Gasteiger partial charge on any atom is 0.183 e. The van der Waals surface area contributed by atoms with Gasteiger partial charge in [-0.2, -0.15) is 0 Å². The maximum atomic E-state index is 13.7. The number of hydrogen-bond acceptors (Lipinski definition) is 3. The summed E-state index contributed by atoms with van der Waals surface area (Å²) in [6, 6.07) is 3.45. The van der Waals surface area contributed by atoms with E-state index in [4.69, 9.17) is 11.6 Å². The van der Waals surface area contributed by atoms with E-state index >= 15 is 0 Å². The number of aryl methyl sites for hydroxylation is 1. The van der Waals surface area contributed by atoms with Crippen LogP contribution in [0, 0.1) is 16.3 Å². The van der Waals surface area contributed by atoms with E-state index in [1.54, 1.807) is 6.20 Å². The molecule has 0 aliphatic heterocycles. The van der Waals surface area contributed by atoms with Crippen LogP contribution in [0.3, 0.4) is 0 Å². The molecule has 1 aromatic carbocycles. The Labute approximate surface area is 121 Å². The molecule has 0 bridgehead atoms. The fourth-order valence-corrected chi connectivity index (χ4v) is 3.27. The van der Waals surface area contributed by atoms with Gasteiger partial charge in [0.25, 0.3) is 0 Å². The summed E-state index contributed by atoms with van der Waals surface area (Å²) in [6.45, 7) is 2.40. The summed E-state index contributed by atoms with van der Waals surface area (Å²) < 4.78 is 15.1. The molecule has 0 saturated heterocycles. The molecule has 1 N–H and O–H groups in total.